The average Bonchev–Trinajstić information content (AvgIpc) is 3.17. The fourth-order valence-electron chi connectivity index (χ4n) is 3.96. The van der Waals surface area contributed by atoms with Crippen LogP contribution in [0.2, 0.25) is 0 Å². The van der Waals surface area contributed by atoms with Crippen LogP contribution in [0, 0.1) is 10.1 Å². The van der Waals surface area contributed by atoms with Crippen molar-refractivity contribution in [3.05, 3.63) is 33.4 Å². The smallest absolute Gasteiger partial charge is 0.283 e. The Morgan fingerprint density at radius 1 is 1.17 bits per heavy atom. The van der Waals surface area contributed by atoms with Crippen molar-refractivity contribution in [1.29, 1.82) is 0 Å². The molecule has 1 aliphatic heterocycles. The van der Waals surface area contributed by atoms with Gasteiger partial charge >= 0.3 is 0 Å². The summed E-state index contributed by atoms with van der Waals surface area (Å²) >= 11 is 1.67. The second kappa shape index (κ2) is 6.07. The number of nitro benzene ring substituents is 1. The normalized spacial score (nSPS) is 23.3. The predicted octanol–water partition coefficient (Wildman–Crippen LogP) is 4.17. The summed E-state index contributed by atoms with van der Waals surface area (Å²) in [7, 11) is 0. The lowest BCUT2D eigenvalue weighted by Gasteiger charge is -2.24. The number of fused-ring (bicyclic) bond motifs is 2. The molecule has 2 fully saturated rings. The van der Waals surface area contributed by atoms with Gasteiger partial charge in [0.15, 0.2) is 5.79 Å². The highest BCUT2D eigenvalue weighted by Crippen LogP contribution is 2.48. The van der Waals surface area contributed by atoms with Crippen LogP contribution in [0.25, 0.3) is 0 Å². The topological polar surface area (TPSA) is 61.6 Å². The van der Waals surface area contributed by atoms with E-state index in [-0.39, 0.29) is 10.6 Å². The van der Waals surface area contributed by atoms with Crippen molar-refractivity contribution in [3.63, 3.8) is 0 Å². The molecule has 1 aromatic carbocycles. The Balaban J connectivity index is 1.70. The van der Waals surface area contributed by atoms with Gasteiger partial charge in [0.05, 0.1) is 23.0 Å². The highest BCUT2D eigenvalue weighted by atomic mass is 32.2. The molecule has 1 saturated carbocycles. The van der Waals surface area contributed by atoms with E-state index in [1.165, 1.54) is 19.3 Å². The van der Waals surface area contributed by atoms with Gasteiger partial charge in [-0.25, -0.2) is 0 Å². The van der Waals surface area contributed by atoms with Gasteiger partial charge in [-0.3, -0.25) is 10.1 Å². The van der Waals surface area contributed by atoms with E-state index >= 15 is 0 Å². The van der Waals surface area contributed by atoms with Crippen LogP contribution in [0.3, 0.4) is 0 Å². The third kappa shape index (κ3) is 2.77. The lowest BCUT2D eigenvalue weighted by Crippen LogP contribution is -2.23. The highest BCUT2D eigenvalue weighted by Gasteiger charge is 2.45. The average molecular weight is 335 g/mol. The summed E-state index contributed by atoms with van der Waals surface area (Å²) in [5.41, 5.74) is 2.26. The van der Waals surface area contributed by atoms with Gasteiger partial charge in [0.1, 0.15) is 0 Å². The Bertz CT molecular complexity index is 621. The third-order valence-electron chi connectivity index (χ3n) is 5.11. The van der Waals surface area contributed by atoms with E-state index < -0.39 is 5.79 Å². The number of nitrogens with zero attached hydrogens (tertiary/aromatic N) is 1. The van der Waals surface area contributed by atoms with Crippen LogP contribution < -0.4 is 0 Å². The van der Waals surface area contributed by atoms with Gasteiger partial charge in [-0.15, -0.1) is 11.8 Å². The van der Waals surface area contributed by atoms with Gasteiger partial charge < -0.3 is 9.47 Å². The van der Waals surface area contributed by atoms with Crippen LogP contribution in [0.1, 0.15) is 49.7 Å². The molecule has 23 heavy (non-hydrogen) atoms. The van der Waals surface area contributed by atoms with Crippen molar-refractivity contribution >= 4 is 17.4 Å². The van der Waals surface area contributed by atoms with E-state index in [0.717, 1.165) is 41.7 Å². The second-order valence-corrected chi connectivity index (χ2v) is 7.90. The number of thioether (sulfide) groups is 1. The fraction of sp³-hybridized carbons (Fsp3) is 0.647. The Labute approximate surface area is 139 Å². The Morgan fingerprint density at radius 2 is 1.91 bits per heavy atom. The van der Waals surface area contributed by atoms with E-state index in [4.69, 9.17) is 9.47 Å². The first-order chi connectivity index (χ1) is 11.2. The van der Waals surface area contributed by atoms with Crippen LogP contribution in [0.4, 0.5) is 5.69 Å². The minimum Gasteiger partial charge on any atom is -0.343 e. The molecular weight excluding hydrogens is 314 g/mol. The van der Waals surface area contributed by atoms with E-state index in [2.05, 4.69) is 0 Å². The maximum Gasteiger partial charge on any atom is 0.283 e. The number of aryl methyl sites for hydroxylation is 1. The zero-order chi connectivity index (χ0) is 15.9. The van der Waals surface area contributed by atoms with E-state index in [0.29, 0.717) is 18.5 Å². The number of hydrogen-bond acceptors (Lipinski definition) is 5. The maximum atomic E-state index is 11.5. The van der Waals surface area contributed by atoms with Gasteiger partial charge in [-0.1, -0.05) is 19.3 Å². The summed E-state index contributed by atoms with van der Waals surface area (Å²) in [4.78, 5) is 12.0. The molecular formula is C17H21NO4S. The standard InChI is InChI=1S/C17H21NO4S/c19-18(20)15-10-12-6-7-17(21-8-9-22-17)14(12)11-16(15)23-13-4-2-1-3-5-13/h10-11,13H,1-9H2. The molecule has 5 nitrogen and oxygen atoms in total. The first-order valence-corrected chi connectivity index (χ1v) is 9.32. The van der Waals surface area contributed by atoms with E-state index in [9.17, 15) is 10.1 Å². The molecule has 0 amide bonds. The van der Waals surface area contributed by atoms with Gasteiger partial charge in [0.2, 0.25) is 0 Å². The summed E-state index contributed by atoms with van der Waals surface area (Å²) in [5.74, 6) is -0.646. The summed E-state index contributed by atoms with van der Waals surface area (Å²) < 4.78 is 11.7. The fourth-order valence-corrected chi connectivity index (χ4v) is 5.33. The molecule has 0 radical (unpaired) electrons. The number of benzene rings is 1. The highest BCUT2D eigenvalue weighted by molar-refractivity contribution is 8.00. The third-order valence-corrected chi connectivity index (χ3v) is 6.50. The molecule has 1 aromatic rings. The van der Waals surface area contributed by atoms with E-state index in [1.807, 2.05) is 6.07 Å². The minimum atomic E-state index is -0.646. The molecule has 3 aliphatic rings. The van der Waals surface area contributed by atoms with Crippen molar-refractivity contribution in [3.8, 4) is 0 Å². The Kier molecular flexibility index (Phi) is 4.07. The van der Waals surface area contributed by atoms with Crippen LogP contribution >= 0.6 is 11.8 Å². The quantitative estimate of drug-likeness (QED) is 0.613. The van der Waals surface area contributed by atoms with Crippen molar-refractivity contribution in [2.75, 3.05) is 13.2 Å². The number of ether oxygens (including phenoxy) is 2. The lowest BCUT2D eigenvalue weighted by atomic mass is 10.0. The molecule has 124 valence electrons. The molecule has 0 atom stereocenters. The molecule has 6 heteroatoms. The van der Waals surface area contributed by atoms with Gasteiger partial charge in [-0.2, -0.15) is 0 Å². The first-order valence-electron chi connectivity index (χ1n) is 8.44. The zero-order valence-electron chi connectivity index (χ0n) is 13.1. The van der Waals surface area contributed by atoms with E-state index in [1.54, 1.807) is 17.8 Å². The molecule has 1 saturated heterocycles. The summed E-state index contributed by atoms with van der Waals surface area (Å²) in [6.45, 7) is 1.20. The molecule has 4 rings (SSSR count). The number of nitro groups is 1. The van der Waals surface area contributed by atoms with Crippen LogP contribution in [-0.4, -0.2) is 23.4 Å². The number of hydrogen-bond donors (Lipinski definition) is 0. The Hall–Kier alpha value is -1.11. The van der Waals surface area contributed by atoms with Crippen molar-refractivity contribution in [2.24, 2.45) is 0 Å². The predicted molar refractivity (Wildman–Crippen MR) is 87.7 cm³/mol. The monoisotopic (exact) mass is 335 g/mol. The van der Waals surface area contributed by atoms with Crippen molar-refractivity contribution in [1.82, 2.24) is 0 Å². The largest absolute Gasteiger partial charge is 0.343 e. The summed E-state index contributed by atoms with van der Waals surface area (Å²) in [6, 6.07) is 3.73. The summed E-state index contributed by atoms with van der Waals surface area (Å²) in [5, 5.41) is 12.0. The molecule has 2 aliphatic carbocycles. The second-order valence-electron chi connectivity index (χ2n) is 6.56. The SMILES string of the molecule is O=[N+]([O-])c1cc2c(cc1SC1CCCCC1)C1(CC2)OCCO1. The van der Waals surface area contributed by atoms with Gasteiger partial charge in [0.25, 0.3) is 5.69 Å². The van der Waals surface area contributed by atoms with Crippen LogP contribution in [0.5, 0.6) is 0 Å². The molecule has 0 N–H and O–H groups in total. The van der Waals surface area contributed by atoms with Crippen molar-refractivity contribution in [2.45, 2.75) is 60.9 Å². The van der Waals surface area contributed by atoms with Crippen LogP contribution in [0.15, 0.2) is 17.0 Å². The molecule has 0 bridgehead atoms. The molecule has 1 heterocycles. The van der Waals surface area contributed by atoms with Gasteiger partial charge in [-0.05, 0) is 30.9 Å². The minimum absolute atomic E-state index is 0.243. The first kappa shape index (κ1) is 15.4. The maximum absolute atomic E-state index is 11.5. The summed E-state index contributed by atoms with van der Waals surface area (Å²) in [6.07, 6.45) is 7.59. The zero-order valence-corrected chi connectivity index (χ0v) is 13.9. The van der Waals surface area contributed by atoms with Gasteiger partial charge in [0, 0.05) is 23.3 Å². The number of rotatable bonds is 3. The lowest BCUT2D eigenvalue weighted by molar-refractivity contribution is -0.387. The molecule has 0 unspecified atom stereocenters. The Morgan fingerprint density at radius 3 is 2.61 bits per heavy atom. The van der Waals surface area contributed by atoms with Crippen molar-refractivity contribution < 1.29 is 14.4 Å². The molecule has 1 spiro atoms. The molecule has 0 aromatic heterocycles. The van der Waals surface area contributed by atoms with Crippen LogP contribution in [-0.2, 0) is 21.7 Å².